The summed E-state index contributed by atoms with van der Waals surface area (Å²) in [4.78, 5) is 4.55. The number of aromatic nitrogens is 2. The average molecular weight is 333 g/mol. The van der Waals surface area contributed by atoms with E-state index in [1.807, 2.05) is 20.0 Å². The lowest BCUT2D eigenvalue weighted by atomic mass is 10.1. The van der Waals surface area contributed by atoms with Gasteiger partial charge in [-0.1, -0.05) is 12.1 Å². The molecular weight excluding hydrogens is 309 g/mol. The average Bonchev–Trinajstić information content (AvgIpc) is 2.99. The van der Waals surface area contributed by atoms with Gasteiger partial charge in [-0.3, -0.25) is 4.68 Å². The van der Waals surface area contributed by atoms with Crippen molar-refractivity contribution in [2.24, 2.45) is 12.0 Å². The van der Waals surface area contributed by atoms with Crippen LogP contribution in [0.25, 0.3) is 0 Å². The van der Waals surface area contributed by atoms with Gasteiger partial charge in [-0.15, -0.1) is 0 Å². The minimum absolute atomic E-state index is 0.189. The van der Waals surface area contributed by atoms with Gasteiger partial charge in [-0.2, -0.15) is 5.10 Å². The molecular formula is C17H24FN5O. The summed E-state index contributed by atoms with van der Waals surface area (Å²) in [7, 11) is 3.52. The van der Waals surface area contributed by atoms with Crippen LogP contribution in [0.15, 0.2) is 41.5 Å². The van der Waals surface area contributed by atoms with Crippen LogP contribution in [-0.2, 0) is 18.3 Å². The normalized spacial score (nSPS) is 12.9. The molecule has 1 atom stereocenters. The molecule has 0 saturated heterocycles. The molecule has 0 spiro atoms. The zero-order valence-corrected chi connectivity index (χ0v) is 14.3. The Morgan fingerprint density at radius 3 is 2.62 bits per heavy atom. The topological polar surface area (TPSA) is 63.5 Å². The monoisotopic (exact) mass is 333 g/mol. The smallest absolute Gasteiger partial charge is 0.191 e. The number of aliphatic imine (C=N–C) groups is 1. The molecule has 0 aliphatic carbocycles. The van der Waals surface area contributed by atoms with Crippen LogP contribution in [0.2, 0.25) is 0 Å². The first-order valence-electron chi connectivity index (χ1n) is 7.91. The van der Waals surface area contributed by atoms with Gasteiger partial charge in [0.25, 0.3) is 0 Å². The molecule has 6 nitrogen and oxygen atoms in total. The molecule has 2 rings (SSSR count). The Morgan fingerprint density at radius 1 is 1.29 bits per heavy atom. The lowest BCUT2D eigenvalue weighted by molar-refractivity contribution is 0.106. The van der Waals surface area contributed by atoms with Gasteiger partial charge in [0, 0.05) is 33.4 Å². The van der Waals surface area contributed by atoms with Crippen molar-refractivity contribution in [3.05, 3.63) is 53.6 Å². The molecule has 0 radical (unpaired) electrons. The SMILES string of the molecule is CCNC(=NCc1ccnn1C)NCC(OC)c1ccc(F)cc1. The van der Waals surface area contributed by atoms with Crippen molar-refractivity contribution in [2.45, 2.75) is 19.6 Å². The van der Waals surface area contributed by atoms with Crippen molar-refractivity contribution >= 4 is 5.96 Å². The molecule has 7 heteroatoms. The second-order valence-corrected chi connectivity index (χ2v) is 5.30. The van der Waals surface area contributed by atoms with E-state index < -0.39 is 0 Å². The molecule has 1 unspecified atom stereocenters. The summed E-state index contributed by atoms with van der Waals surface area (Å²) >= 11 is 0. The van der Waals surface area contributed by atoms with Crippen molar-refractivity contribution in [3.63, 3.8) is 0 Å². The van der Waals surface area contributed by atoms with Gasteiger partial charge in [0.2, 0.25) is 0 Å². The van der Waals surface area contributed by atoms with Crippen molar-refractivity contribution in [1.29, 1.82) is 0 Å². The highest BCUT2D eigenvalue weighted by atomic mass is 19.1. The predicted octanol–water partition coefficient (Wildman–Crippen LogP) is 2.00. The third-order valence-corrected chi connectivity index (χ3v) is 3.65. The van der Waals surface area contributed by atoms with Crippen molar-refractivity contribution in [2.75, 3.05) is 20.2 Å². The Morgan fingerprint density at radius 2 is 2.04 bits per heavy atom. The number of hydrogen-bond acceptors (Lipinski definition) is 3. The molecule has 1 heterocycles. The van der Waals surface area contributed by atoms with Gasteiger partial charge in [0.15, 0.2) is 5.96 Å². The number of nitrogens with zero attached hydrogens (tertiary/aromatic N) is 3. The Kier molecular flexibility index (Phi) is 6.74. The van der Waals surface area contributed by atoms with Crippen molar-refractivity contribution in [1.82, 2.24) is 20.4 Å². The second-order valence-electron chi connectivity index (χ2n) is 5.30. The van der Waals surface area contributed by atoms with E-state index in [2.05, 4.69) is 20.7 Å². The number of nitrogens with one attached hydrogen (secondary N) is 2. The van der Waals surface area contributed by atoms with Gasteiger partial charge in [0.1, 0.15) is 5.82 Å². The zero-order valence-electron chi connectivity index (χ0n) is 14.3. The number of methoxy groups -OCH3 is 1. The lowest BCUT2D eigenvalue weighted by Gasteiger charge is -2.18. The van der Waals surface area contributed by atoms with Gasteiger partial charge < -0.3 is 15.4 Å². The summed E-state index contributed by atoms with van der Waals surface area (Å²) in [6.45, 7) is 3.82. The molecule has 2 aromatic rings. The van der Waals surface area contributed by atoms with E-state index >= 15 is 0 Å². The summed E-state index contributed by atoms with van der Waals surface area (Å²) in [6, 6.07) is 8.26. The molecule has 24 heavy (non-hydrogen) atoms. The van der Waals surface area contributed by atoms with E-state index in [0.717, 1.165) is 17.8 Å². The summed E-state index contributed by atoms with van der Waals surface area (Å²) < 4.78 is 20.3. The molecule has 130 valence electrons. The molecule has 0 amide bonds. The fourth-order valence-corrected chi connectivity index (χ4v) is 2.26. The minimum atomic E-state index is -0.257. The summed E-state index contributed by atoms with van der Waals surface area (Å²) in [5.41, 5.74) is 1.93. The second kappa shape index (κ2) is 9.02. The molecule has 1 aromatic carbocycles. The Bertz CT molecular complexity index is 653. The van der Waals surface area contributed by atoms with E-state index in [1.54, 1.807) is 30.1 Å². The summed E-state index contributed by atoms with van der Waals surface area (Å²) in [5.74, 6) is 0.440. The third-order valence-electron chi connectivity index (χ3n) is 3.65. The van der Waals surface area contributed by atoms with Gasteiger partial charge in [-0.05, 0) is 30.7 Å². The zero-order chi connectivity index (χ0) is 17.4. The number of hydrogen-bond donors (Lipinski definition) is 2. The number of rotatable bonds is 7. The van der Waals surface area contributed by atoms with Gasteiger partial charge >= 0.3 is 0 Å². The Balaban J connectivity index is 1.98. The van der Waals surface area contributed by atoms with Crippen LogP contribution in [0.3, 0.4) is 0 Å². The molecule has 0 bridgehead atoms. The summed E-state index contributed by atoms with van der Waals surface area (Å²) in [6.07, 6.45) is 1.56. The van der Waals surface area contributed by atoms with Crippen LogP contribution >= 0.6 is 0 Å². The first-order chi connectivity index (χ1) is 11.6. The summed E-state index contributed by atoms with van der Waals surface area (Å²) in [5, 5.41) is 10.6. The van der Waals surface area contributed by atoms with Crippen LogP contribution in [-0.4, -0.2) is 35.9 Å². The number of aryl methyl sites for hydroxylation is 1. The van der Waals surface area contributed by atoms with Crippen LogP contribution in [0.1, 0.15) is 24.3 Å². The van der Waals surface area contributed by atoms with Crippen molar-refractivity contribution in [3.8, 4) is 0 Å². The molecule has 1 aromatic heterocycles. The molecule has 0 fully saturated rings. The standard InChI is InChI=1S/C17H24FN5O/c1-4-19-17(20-11-15-9-10-22-23(15)2)21-12-16(24-3)13-5-7-14(18)8-6-13/h5-10,16H,4,11-12H2,1-3H3,(H2,19,20,21). The first kappa shape index (κ1) is 17.9. The number of ether oxygens (including phenoxy) is 1. The van der Waals surface area contributed by atoms with E-state index in [1.165, 1.54) is 12.1 Å². The fourth-order valence-electron chi connectivity index (χ4n) is 2.26. The largest absolute Gasteiger partial charge is 0.375 e. The lowest BCUT2D eigenvalue weighted by Crippen LogP contribution is -2.39. The van der Waals surface area contributed by atoms with Crippen molar-refractivity contribution < 1.29 is 9.13 Å². The Hall–Kier alpha value is -2.41. The first-order valence-corrected chi connectivity index (χ1v) is 7.91. The van der Waals surface area contributed by atoms with E-state index in [0.29, 0.717) is 19.0 Å². The van der Waals surface area contributed by atoms with Crippen LogP contribution < -0.4 is 10.6 Å². The predicted molar refractivity (Wildman–Crippen MR) is 92.2 cm³/mol. The van der Waals surface area contributed by atoms with E-state index in [4.69, 9.17) is 4.74 Å². The number of benzene rings is 1. The van der Waals surface area contributed by atoms with Crippen LogP contribution in [0.5, 0.6) is 0 Å². The number of guanidine groups is 1. The Labute approximate surface area is 141 Å². The van der Waals surface area contributed by atoms with E-state index in [-0.39, 0.29) is 11.9 Å². The molecule has 0 aliphatic rings. The van der Waals surface area contributed by atoms with Crippen LogP contribution in [0, 0.1) is 5.82 Å². The highest BCUT2D eigenvalue weighted by molar-refractivity contribution is 5.79. The maximum absolute atomic E-state index is 13.0. The highest BCUT2D eigenvalue weighted by Crippen LogP contribution is 2.16. The maximum atomic E-state index is 13.0. The van der Waals surface area contributed by atoms with Gasteiger partial charge in [-0.25, -0.2) is 9.38 Å². The molecule has 0 aliphatic heterocycles. The van der Waals surface area contributed by atoms with E-state index in [9.17, 15) is 4.39 Å². The third kappa shape index (κ3) is 5.06. The quantitative estimate of drug-likeness (QED) is 0.601. The molecule has 2 N–H and O–H groups in total. The number of halogens is 1. The maximum Gasteiger partial charge on any atom is 0.191 e. The molecule has 0 saturated carbocycles. The van der Waals surface area contributed by atoms with Gasteiger partial charge in [0.05, 0.1) is 18.3 Å². The highest BCUT2D eigenvalue weighted by Gasteiger charge is 2.11. The fraction of sp³-hybridized carbons (Fsp3) is 0.412. The minimum Gasteiger partial charge on any atom is -0.375 e. The van der Waals surface area contributed by atoms with Crippen LogP contribution in [0.4, 0.5) is 4.39 Å².